The minimum Gasteiger partial charge on any atom is -0.103 e. The Morgan fingerprint density at radius 3 is 2.31 bits per heavy atom. The van der Waals surface area contributed by atoms with E-state index in [0.717, 1.165) is 5.92 Å². The van der Waals surface area contributed by atoms with Crippen molar-refractivity contribution in [2.24, 2.45) is 5.92 Å². The predicted octanol–water partition coefficient (Wildman–Crippen LogP) is 4.95. The molecule has 0 aromatic rings. The summed E-state index contributed by atoms with van der Waals surface area (Å²) in [5.74, 6) is 0.938. The standard InChI is InChI=1S/C13H26/c1-4-6-7-8-9-10-11-12-13(3)5-2/h4,13H,1,5-12H2,2-3H3. The van der Waals surface area contributed by atoms with E-state index in [9.17, 15) is 0 Å². The summed E-state index contributed by atoms with van der Waals surface area (Å²) in [6.07, 6.45) is 13.0. The van der Waals surface area contributed by atoms with Gasteiger partial charge in [-0.05, 0) is 18.8 Å². The molecule has 0 fully saturated rings. The maximum absolute atomic E-state index is 3.73. The van der Waals surface area contributed by atoms with E-state index in [4.69, 9.17) is 0 Å². The van der Waals surface area contributed by atoms with Crippen LogP contribution in [0.1, 0.15) is 65.2 Å². The van der Waals surface area contributed by atoms with Crippen LogP contribution in [-0.2, 0) is 0 Å². The first-order valence-electron chi connectivity index (χ1n) is 5.92. The Balaban J connectivity index is 2.95. The first-order chi connectivity index (χ1) is 6.31. The van der Waals surface area contributed by atoms with E-state index in [1.54, 1.807) is 0 Å². The third-order valence-corrected chi connectivity index (χ3v) is 2.80. The van der Waals surface area contributed by atoms with Crippen LogP contribution in [0.2, 0.25) is 0 Å². The van der Waals surface area contributed by atoms with Crippen molar-refractivity contribution < 1.29 is 0 Å². The summed E-state index contributed by atoms with van der Waals surface area (Å²) in [5.41, 5.74) is 0. The highest BCUT2D eigenvalue weighted by atomic mass is 14.0. The van der Waals surface area contributed by atoms with Crippen LogP contribution in [0.3, 0.4) is 0 Å². The number of rotatable bonds is 9. The van der Waals surface area contributed by atoms with Crippen LogP contribution >= 0.6 is 0 Å². The average Bonchev–Trinajstić information content (AvgIpc) is 2.16. The van der Waals surface area contributed by atoms with Gasteiger partial charge in [0.05, 0.1) is 0 Å². The lowest BCUT2D eigenvalue weighted by Gasteiger charge is -2.06. The van der Waals surface area contributed by atoms with Crippen molar-refractivity contribution in [2.75, 3.05) is 0 Å². The number of hydrogen-bond donors (Lipinski definition) is 0. The Labute approximate surface area is 84.4 Å². The van der Waals surface area contributed by atoms with Crippen molar-refractivity contribution in [3.05, 3.63) is 12.7 Å². The third-order valence-electron chi connectivity index (χ3n) is 2.80. The SMILES string of the molecule is C=CCCCCCCCC(C)CC. The van der Waals surface area contributed by atoms with Crippen LogP contribution in [0, 0.1) is 5.92 Å². The lowest BCUT2D eigenvalue weighted by Crippen LogP contribution is -1.91. The monoisotopic (exact) mass is 182 g/mol. The smallest absolute Gasteiger partial charge is 0.0353 e. The van der Waals surface area contributed by atoms with E-state index in [1.807, 2.05) is 6.08 Å². The van der Waals surface area contributed by atoms with Crippen LogP contribution in [0.5, 0.6) is 0 Å². The third kappa shape index (κ3) is 9.66. The molecule has 0 amide bonds. The quantitative estimate of drug-likeness (QED) is 0.349. The van der Waals surface area contributed by atoms with Gasteiger partial charge in [-0.15, -0.1) is 6.58 Å². The molecule has 0 aliphatic heterocycles. The zero-order valence-electron chi connectivity index (χ0n) is 9.52. The Morgan fingerprint density at radius 2 is 1.69 bits per heavy atom. The second-order valence-corrected chi connectivity index (χ2v) is 4.15. The van der Waals surface area contributed by atoms with Crippen LogP contribution in [-0.4, -0.2) is 0 Å². The summed E-state index contributed by atoms with van der Waals surface area (Å²) in [7, 11) is 0. The summed E-state index contributed by atoms with van der Waals surface area (Å²) < 4.78 is 0. The normalized spacial score (nSPS) is 12.8. The first-order valence-corrected chi connectivity index (χ1v) is 5.92. The molecule has 13 heavy (non-hydrogen) atoms. The van der Waals surface area contributed by atoms with Crippen LogP contribution in [0.15, 0.2) is 12.7 Å². The van der Waals surface area contributed by atoms with E-state index in [1.165, 1.54) is 51.4 Å². The minimum absolute atomic E-state index is 0.938. The van der Waals surface area contributed by atoms with Gasteiger partial charge in [0.2, 0.25) is 0 Å². The molecule has 0 bridgehead atoms. The molecule has 0 radical (unpaired) electrons. The minimum atomic E-state index is 0.938. The van der Waals surface area contributed by atoms with E-state index >= 15 is 0 Å². The highest BCUT2D eigenvalue weighted by Gasteiger charge is 1.97. The highest BCUT2D eigenvalue weighted by Crippen LogP contribution is 2.13. The van der Waals surface area contributed by atoms with Crippen molar-refractivity contribution in [3.63, 3.8) is 0 Å². The number of allylic oxidation sites excluding steroid dienone is 1. The molecule has 0 saturated carbocycles. The molecular weight excluding hydrogens is 156 g/mol. The Hall–Kier alpha value is -0.260. The van der Waals surface area contributed by atoms with Crippen LogP contribution in [0.4, 0.5) is 0 Å². The molecule has 0 nitrogen and oxygen atoms in total. The molecule has 1 unspecified atom stereocenters. The molecule has 0 heteroatoms. The van der Waals surface area contributed by atoms with Gasteiger partial charge in [0, 0.05) is 0 Å². The lowest BCUT2D eigenvalue weighted by molar-refractivity contribution is 0.473. The van der Waals surface area contributed by atoms with Gasteiger partial charge in [-0.2, -0.15) is 0 Å². The zero-order chi connectivity index (χ0) is 9.94. The van der Waals surface area contributed by atoms with Crippen molar-refractivity contribution in [1.29, 1.82) is 0 Å². The summed E-state index contributed by atoms with van der Waals surface area (Å²) in [6.45, 7) is 8.37. The van der Waals surface area contributed by atoms with Crippen molar-refractivity contribution >= 4 is 0 Å². The summed E-state index contributed by atoms with van der Waals surface area (Å²) in [5, 5.41) is 0. The molecule has 0 aromatic carbocycles. The van der Waals surface area contributed by atoms with E-state index in [0.29, 0.717) is 0 Å². The average molecular weight is 182 g/mol. The summed E-state index contributed by atoms with van der Waals surface area (Å²) in [4.78, 5) is 0. The zero-order valence-corrected chi connectivity index (χ0v) is 9.52. The second kappa shape index (κ2) is 9.83. The van der Waals surface area contributed by atoms with Gasteiger partial charge < -0.3 is 0 Å². The second-order valence-electron chi connectivity index (χ2n) is 4.15. The first kappa shape index (κ1) is 12.7. The van der Waals surface area contributed by atoms with Gasteiger partial charge in [-0.25, -0.2) is 0 Å². The fraction of sp³-hybridized carbons (Fsp3) is 0.846. The molecule has 0 N–H and O–H groups in total. The van der Waals surface area contributed by atoms with Crippen LogP contribution < -0.4 is 0 Å². The molecule has 0 aliphatic rings. The highest BCUT2D eigenvalue weighted by molar-refractivity contribution is 4.65. The maximum Gasteiger partial charge on any atom is -0.0353 e. The van der Waals surface area contributed by atoms with Crippen LogP contribution in [0.25, 0.3) is 0 Å². The van der Waals surface area contributed by atoms with Gasteiger partial charge in [0.1, 0.15) is 0 Å². The summed E-state index contributed by atoms with van der Waals surface area (Å²) >= 11 is 0. The molecule has 78 valence electrons. The maximum atomic E-state index is 3.73. The molecule has 0 saturated heterocycles. The lowest BCUT2D eigenvalue weighted by atomic mass is 10.00. The van der Waals surface area contributed by atoms with Gasteiger partial charge in [0.15, 0.2) is 0 Å². The molecular formula is C13H26. The summed E-state index contributed by atoms with van der Waals surface area (Å²) in [6, 6.07) is 0. The van der Waals surface area contributed by atoms with E-state index < -0.39 is 0 Å². The van der Waals surface area contributed by atoms with E-state index in [-0.39, 0.29) is 0 Å². The Kier molecular flexibility index (Phi) is 9.63. The topological polar surface area (TPSA) is 0 Å². The van der Waals surface area contributed by atoms with Crippen molar-refractivity contribution in [3.8, 4) is 0 Å². The molecule has 0 rings (SSSR count). The fourth-order valence-corrected chi connectivity index (χ4v) is 1.52. The Morgan fingerprint density at radius 1 is 1.08 bits per heavy atom. The number of unbranched alkanes of at least 4 members (excludes halogenated alkanes) is 5. The van der Waals surface area contributed by atoms with E-state index in [2.05, 4.69) is 20.4 Å². The van der Waals surface area contributed by atoms with Gasteiger partial charge in [-0.3, -0.25) is 0 Å². The van der Waals surface area contributed by atoms with Crippen molar-refractivity contribution in [2.45, 2.75) is 65.2 Å². The fourth-order valence-electron chi connectivity index (χ4n) is 1.52. The molecule has 0 spiro atoms. The predicted molar refractivity (Wildman–Crippen MR) is 62.0 cm³/mol. The van der Waals surface area contributed by atoms with Gasteiger partial charge in [0.25, 0.3) is 0 Å². The Bertz CT molecular complexity index is 105. The molecule has 0 aliphatic carbocycles. The molecule has 0 heterocycles. The molecule has 1 atom stereocenters. The van der Waals surface area contributed by atoms with Crippen molar-refractivity contribution in [1.82, 2.24) is 0 Å². The molecule has 0 aromatic heterocycles. The number of hydrogen-bond acceptors (Lipinski definition) is 0. The van der Waals surface area contributed by atoms with Gasteiger partial charge in [-0.1, -0.05) is 58.4 Å². The van der Waals surface area contributed by atoms with Gasteiger partial charge >= 0.3 is 0 Å². The largest absolute Gasteiger partial charge is 0.103 e.